The lowest BCUT2D eigenvalue weighted by Crippen LogP contribution is -2.40. The van der Waals surface area contributed by atoms with Crippen LogP contribution >= 0.6 is 0 Å². The van der Waals surface area contributed by atoms with Gasteiger partial charge in [-0.3, -0.25) is 4.79 Å². The van der Waals surface area contributed by atoms with Crippen molar-refractivity contribution >= 4 is 15.9 Å². The van der Waals surface area contributed by atoms with Gasteiger partial charge in [0.25, 0.3) is 0 Å². The third kappa shape index (κ3) is 5.27. The lowest BCUT2D eigenvalue weighted by Gasteiger charge is -2.22. The van der Waals surface area contributed by atoms with Crippen LogP contribution in [0.1, 0.15) is 0 Å². The number of likely N-dealkylation sites (N-methyl/N-ethyl adjacent to an activating group) is 2. The van der Waals surface area contributed by atoms with Crippen molar-refractivity contribution in [2.75, 3.05) is 33.8 Å². The molecule has 0 unspecified atom stereocenters. The normalized spacial score (nSPS) is 11.4. The molecule has 0 radical (unpaired) electrons. The van der Waals surface area contributed by atoms with Crippen molar-refractivity contribution in [3.05, 3.63) is 60.4 Å². The van der Waals surface area contributed by atoms with Crippen molar-refractivity contribution in [1.29, 1.82) is 0 Å². The van der Waals surface area contributed by atoms with Gasteiger partial charge in [-0.15, -0.1) is 0 Å². The summed E-state index contributed by atoms with van der Waals surface area (Å²) in [6, 6.07) is 13.7. The molecule has 140 valence electrons. The maximum atomic E-state index is 13.0. The Bertz CT molecular complexity index is 826. The molecule has 0 heterocycles. The van der Waals surface area contributed by atoms with Gasteiger partial charge in [0.1, 0.15) is 18.2 Å². The number of carbonyl (C=O) groups is 1. The second-order valence-electron chi connectivity index (χ2n) is 5.69. The number of hydrogen-bond donors (Lipinski definition) is 0. The van der Waals surface area contributed by atoms with Crippen LogP contribution in [0.3, 0.4) is 0 Å². The lowest BCUT2D eigenvalue weighted by atomic mass is 10.3. The van der Waals surface area contributed by atoms with Gasteiger partial charge >= 0.3 is 0 Å². The summed E-state index contributed by atoms with van der Waals surface area (Å²) in [5.74, 6) is -0.194. The van der Waals surface area contributed by atoms with Crippen LogP contribution in [0.25, 0.3) is 0 Å². The predicted octanol–water partition coefficient (Wildman–Crippen LogP) is 1.98. The topological polar surface area (TPSA) is 66.9 Å². The number of carbonyl (C=O) groups excluding carboxylic acids is 1. The molecule has 0 aliphatic rings. The van der Waals surface area contributed by atoms with Crippen molar-refractivity contribution in [2.45, 2.75) is 4.90 Å². The Morgan fingerprint density at radius 3 is 2.27 bits per heavy atom. The van der Waals surface area contributed by atoms with Gasteiger partial charge in [-0.05, 0) is 36.4 Å². The molecule has 8 heteroatoms. The standard InChI is InChI=1S/C18H21FN2O4S/c1-20(12-13-25-16-6-4-3-5-7-16)18(22)14-21(2)26(23,24)17-10-8-15(19)9-11-17/h3-11H,12-14H2,1-2H3. The smallest absolute Gasteiger partial charge is 0.243 e. The zero-order valence-corrected chi connectivity index (χ0v) is 15.4. The SMILES string of the molecule is CN(CCOc1ccccc1)C(=O)CN(C)S(=O)(=O)c1ccc(F)cc1. The van der Waals surface area contributed by atoms with E-state index in [4.69, 9.17) is 4.74 Å². The quantitative estimate of drug-likeness (QED) is 0.702. The van der Waals surface area contributed by atoms with E-state index in [2.05, 4.69) is 0 Å². The molecular formula is C18H21FN2O4S. The zero-order chi connectivity index (χ0) is 19.2. The molecule has 0 spiro atoms. The van der Waals surface area contributed by atoms with Crippen LogP contribution in [-0.2, 0) is 14.8 Å². The second-order valence-corrected chi connectivity index (χ2v) is 7.74. The lowest BCUT2D eigenvalue weighted by molar-refractivity contribution is -0.130. The number of nitrogens with zero attached hydrogens (tertiary/aromatic N) is 2. The maximum absolute atomic E-state index is 13.0. The van der Waals surface area contributed by atoms with E-state index in [1.807, 2.05) is 30.3 Å². The summed E-state index contributed by atoms with van der Waals surface area (Å²) in [5.41, 5.74) is 0. The highest BCUT2D eigenvalue weighted by Crippen LogP contribution is 2.15. The van der Waals surface area contributed by atoms with Crippen LogP contribution in [0.5, 0.6) is 5.75 Å². The first-order valence-corrected chi connectivity index (χ1v) is 9.38. The fourth-order valence-corrected chi connectivity index (χ4v) is 3.24. The maximum Gasteiger partial charge on any atom is 0.243 e. The molecule has 1 amide bonds. The Morgan fingerprint density at radius 2 is 1.65 bits per heavy atom. The summed E-state index contributed by atoms with van der Waals surface area (Å²) in [4.78, 5) is 13.6. The molecule has 2 rings (SSSR count). The van der Waals surface area contributed by atoms with E-state index >= 15 is 0 Å². The largest absolute Gasteiger partial charge is 0.492 e. The van der Waals surface area contributed by atoms with E-state index in [1.54, 1.807) is 7.05 Å². The van der Waals surface area contributed by atoms with Crippen LogP contribution < -0.4 is 4.74 Å². The molecule has 0 bridgehead atoms. The molecule has 0 aromatic heterocycles. The third-order valence-electron chi connectivity index (χ3n) is 3.74. The highest BCUT2D eigenvalue weighted by Gasteiger charge is 2.24. The van der Waals surface area contributed by atoms with Crippen molar-refractivity contribution in [1.82, 2.24) is 9.21 Å². The monoisotopic (exact) mass is 380 g/mol. The first-order valence-electron chi connectivity index (χ1n) is 7.94. The average Bonchev–Trinajstić information content (AvgIpc) is 2.62. The molecule has 6 nitrogen and oxygen atoms in total. The fourth-order valence-electron chi connectivity index (χ4n) is 2.12. The molecule has 0 atom stereocenters. The summed E-state index contributed by atoms with van der Waals surface area (Å²) in [6.45, 7) is 0.292. The van der Waals surface area contributed by atoms with Crippen LogP contribution in [0.4, 0.5) is 4.39 Å². The number of sulfonamides is 1. The summed E-state index contributed by atoms with van der Waals surface area (Å²) in [5, 5.41) is 0. The van der Waals surface area contributed by atoms with Crippen molar-refractivity contribution < 1.29 is 22.3 Å². The molecule has 2 aromatic rings. The molecule has 0 aliphatic carbocycles. The van der Waals surface area contributed by atoms with Gasteiger partial charge in [-0.1, -0.05) is 18.2 Å². The van der Waals surface area contributed by atoms with Gasteiger partial charge in [-0.25, -0.2) is 12.8 Å². The van der Waals surface area contributed by atoms with Crippen molar-refractivity contribution in [3.8, 4) is 5.75 Å². The number of hydrogen-bond acceptors (Lipinski definition) is 4. The molecule has 0 saturated heterocycles. The van der Waals surface area contributed by atoms with Crippen molar-refractivity contribution in [2.24, 2.45) is 0 Å². The summed E-state index contributed by atoms with van der Waals surface area (Å²) in [6.07, 6.45) is 0. The summed E-state index contributed by atoms with van der Waals surface area (Å²) in [7, 11) is -0.971. The summed E-state index contributed by atoms with van der Waals surface area (Å²) < 4.78 is 44.2. The minimum Gasteiger partial charge on any atom is -0.492 e. The van der Waals surface area contributed by atoms with Crippen molar-refractivity contribution in [3.63, 3.8) is 0 Å². The van der Waals surface area contributed by atoms with E-state index in [9.17, 15) is 17.6 Å². The fraction of sp³-hybridized carbons (Fsp3) is 0.278. The minimum atomic E-state index is -3.86. The molecule has 0 N–H and O–H groups in total. The number of ether oxygens (including phenoxy) is 1. The van der Waals surface area contributed by atoms with E-state index in [0.29, 0.717) is 18.9 Å². The molecule has 0 saturated carbocycles. The molecule has 0 fully saturated rings. The molecule has 0 aliphatic heterocycles. The summed E-state index contributed by atoms with van der Waals surface area (Å²) >= 11 is 0. The Labute approximate surface area is 152 Å². The van der Waals surface area contributed by atoms with Gasteiger partial charge in [-0.2, -0.15) is 4.31 Å². The Morgan fingerprint density at radius 1 is 1.04 bits per heavy atom. The highest BCUT2D eigenvalue weighted by molar-refractivity contribution is 7.89. The van der Waals surface area contributed by atoms with Gasteiger partial charge < -0.3 is 9.64 Å². The van der Waals surface area contributed by atoms with Crippen LogP contribution in [-0.4, -0.2) is 57.3 Å². The Hall–Kier alpha value is -2.45. The highest BCUT2D eigenvalue weighted by atomic mass is 32.2. The van der Waals surface area contributed by atoms with E-state index in [1.165, 1.54) is 24.1 Å². The first kappa shape index (κ1) is 19.9. The Kier molecular flexibility index (Phi) is 6.70. The van der Waals surface area contributed by atoms with Crippen LogP contribution in [0, 0.1) is 5.82 Å². The third-order valence-corrected chi connectivity index (χ3v) is 5.56. The van der Waals surface area contributed by atoms with Gasteiger partial charge in [0, 0.05) is 14.1 Å². The van der Waals surface area contributed by atoms with Gasteiger partial charge in [0.05, 0.1) is 18.0 Å². The minimum absolute atomic E-state index is 0.0655. The van der Waals surface area contributed by atoms with E-state index in [-0.39, 0.29) is 17.3 Å². The van der Waals surface area contributed by atoms with Gasteiger partial charge in [0.2, 0.25) is 15.9 Å². The van der Waals surface area contributed by atoms with E-state index < -0.39 is 15.8 Å². The molecule has 2 aromatic carbocycles. The number of amides is 1. The number of rotatable bonds is 8. The van der Waals surface area contributed by atoms with Crippen LogP contribution in [0.15, 0.2) is 59.5 Å². The zero-order valence-electron chi connectivity index (χ0n) is 14.6. The molecular weight excluding hydrogens is 359 g/mol. The second kappa shape index (κ2) is 8.77. The number of benzene rings is 2. The molecule has 26 heavy (non-hydrogen) atoms. The van der Waals surface area contributed by atoms with Crippen LogP contribution in [0.2, 0.25) is 0 Å². The number of para-hydroxylation sites is 1. The number of halogens is 1. The first-order chi connectivity index (χ1) is 12.3. The van der Waals surface area contributed by atoms with Gasteiger partial charge in [0.15, 0.2) is 0 Å². The Balaban J connectivity index is 1.88. The average molecular weight is 380 g/mol. The predicted molar refractivity (Wildman–Crippen MR) is 95.8 cm³/mol. The van der Waals surface area contributed by atoms with E-state index in [0.717, 1.165) is 16.4 Å².